The first-order valence-electron chi connectivity index (χ1n) is 6.42. The lowest BCUT2D eigenvalue weighted by Crippen LogP contribution is -2.36. The van der Waals surface area contributed by atoms with Crippen LogP contribution in [0, 0.1) is 11.8 Å². The Morgan fingerprint density at radius 2 is 1.90 bits per heavy atom. The van der Waals surface area contributed by atoms with Crippen molar-refractivity contribution in [2.45, 2.75) is 13.3 Å². The normalized spacial score (nSPS) is 9.30. The highest BCUT2D eigenvalue weighted by Gasteiger charge is 2.06. The largest absolute Gasteiger partial charge is 0.395 e. The van der Waals surface area contributed by atoms with Gasteiger partial charge < -0.3 is 15.7 Å². The number of likely N-dealkylation sites (N-methyl/N-ethyl adjacent to an activating group) is 1. The van der Waals surface area contributed by atoms with Crippen LogP contribution in [0.4, 0.5) is 0 Å². The monoisotopic (exact) mass is 274 g/mol. The predicted octanol–water partition coefficient (Wildman–Crippen LogP) is 0.286. The number of aliphatic hydroxyl groups excluding tert-OH is 1. The summed E-state index contributed by atoms with van der Waals surface area (Å²) in [7, 11) is 0. The van der Waals surface area contributed by atoms with E-state index in [4.69, 9.17) is 5.11 Å². The fraction of sp³-hybridized carbons (Fsp3) is 0.333. The summed E-state index contributed by atoms with van der Waals surface area (Å²) >= 11 is 0. The lowest BCUT2D eigenvalue weighted by molar-refractivity contribution is -0.120. The molecule has 0 aromatic heterocycles. The van der Waals surface area contributed by atoms with E-state index in [1.165, 1.54) is 0 Å². The molecule has 20 heavy (non-hydrogen) atoms. The number of aliphatic hydroxyl groups is 1. The van der Waals surface area contributed by atoms with Crippen LogP contribution in [-0.4, -0.2) is 36.6 Å². The maximum absolute atomic E-state index is 11.8. The zero-order chi connectivity index (χ0) is 14.8. The van der Waals surface area contributed by atoms with Gasteiger partial charge >= 0.3 is 0 Å². The van der Waals surface area contributed by atoms with Gasteiger partial charge in [0.05, 0.1) is 13.2 Å². The second kappa shape index (κ2) is 8.73. The van der Waals surface area contributed by atoms with Crippen LogP contribution in [0.25, 0.3) is 0 Å². The van der Waals surface area contributed by atoms with E-state index in [1.54, 1.807) is 24.3 Å². The van der Waals surface area contributed by atoms with Gasteiger partial charge in [-0.1, -0.05) is 11.8 Å². The number of carbonyl (C=O) groups excluding carboxylic acids is 2. The molecular formula is C15H18N2O3. The van der Waals surface area contributed by atoms with Crippen molar-refractivity contribution in [2.75, 3.05) is 19.7 Å². The Morgan fingerprint density at radius 1 is 1.20 bits per heavy atom. The molecule has 1 aromatic rings. The summed E-state index contributed by atoms with van der Waals surface area (Å²) in [6, 6.07) is 6.75. The van der Waals surface area contributed by atoms with Crippen LogP contribution < -0.4 is 10.6 Å². The Kier molecular flexibility index (Phi) is 6.87. The third kappa shape index (κ3) is 5.55. The standard InChI is InChI=1S/C15H18N2O3/c1-2-16-14(19)11-17-15(20)13-8-6-12(7-9-13)5-3-4-10-18/h6-9,18H,2,4,10-11H2,1H3,(H,16,19)(H,17,20). The molecule has 5 nitrogen and oxygen atoms in total. The van der Waals surface area contributed by atoms with Crippen LogP contribution in [-0.2, 0) is 4.79 Å². The van der Waals surface area contributed by atoms with Crippen LogP contribution >= 0.6 is 0 Å². The summed E-state index contributed by atoms with van der Waals surface area (Å²) < 4.78 is 0. The molecule has 0 saturated carbocycles. The number of carbonyl (C=O) groups is 2. The Bertz CT molecular complexity index is 512. The maximum Gasteiger partial charge on any atom is 0.251 e. The van der Waals surface area contributed by atoms with Crippen molar-refractivity contribution in [3.05, 3.63) is 35.4 Å². The van der Waals surface area contributed by atoms with Crippen LogP contribution in [0.1, 0.15) is 29.3 Å². The van der Waals surface area contributed by atoms with Crippen LogP contribution in [0.15, 0.2) is 24.3 Å². The first-order valence-corrected chi connectivity index (χ1v) is 6.42. The Labute approximate surface area is 118 Å². The van der Waals surface area contributed by atoms with Crippen molar-refractivity contribution in [1.29, 1.82) is 0 Å². The molecule has 0 spiro atoms. The van der Waals surface area contributed by atoms with E-state index in [9.17, 15) is 9.59 Å². The molecule has 1 rings (SSSR count). The van der Waals surface area contributed by atoms with Crippen LogP contribution in [0.3, 0.4) is 0 Å². The van der Waals surface area contributed by atoms with E-state index in [1.807, 2.05) is 6.92 Å². The highest BCUT2D eigenvalue weighted by atomic mass is 16.2. The van der Waals surface area contributed by atoms with E-state index >= 15 is 0 Å². The fourth-order valence-corrected chi connectivity index (χ4v) is 1.45. The number of nitrogens with one attached hydrogen (secondary N) is 2. The Balaban J connectivity index is 2.54. The molecule has 1 aromatic carbocycles. The second-order valence-electron chi connectivity index (χ2n) is 3.99. The van der Waals surface area contributed by atoms with Crippen LogP contribution in [0.2, 0.25) is 0 Å². The van der Waals surface area contributed by atoms with Crippen molar-refractivity contribution in [3.8, 4) is 11.8 Å². The highest BCUT2D eigenvalue weighted by molar-refractivity contribution is 5.96. The maximum atomic E-state index is 11.8. The molecule has 0 bridgehead atoms. The molecule has 0 radical (unpaired) electrons. The van der Waals surface area contributed by atoms with Crippen molar-refractivity contribution in [3.63, 3.8) is 0 Å². The average Bonchev–Trinajstić information content (AvgIpc) is 2.46. The zero-order valence-corrected chi connectivity index (χ0v) is 11.4. The van der Waals surface area contributed by atoms with E-state index in [0.717, 1.165) is 5.56 Å². The predicted molar refractivity (Wildman–Crippen MR) is 76.0 cm³/mol. The van der Waals surface area contributed by atoms with Gasteiger partial charge in [-0.15, -0.1) is 0 Å². The van der Waals surface area contributed by atoms with Crippen LogP contribution in [0.5, 0.6) is 0 Å². The molecular weight excluding hydrogens is 256 g/mol. The number of hydrogen-bond acceptors (Lipinski definition) is 3. The van der Waals surface area contributed by atoms with E-state index in [-0.39, 0.29) is 25.0 Å². The minimum Gasteiger partial charge on any atom is -0.395 e. The lowest BCUT2D eigenvalue weighted by Gasteiger charge is -2.05. The highest BCUT2D eigenvalue weighted by Crippen LogP contribution is 2.03. The molecule has 106 valence electrons. The molecule has 0 atom stereocenters. The molecule has 5 heteroatoms. The third-order valence-corrected chi connectivity index (χ3v) is 2.40. The van der Waals surface area contributed by atoms with Gasteiger partial charge in [0.25, 0.3) is 5.91 Å². The Morgan fingerprint density at radius 3 is 2.50 bits per heavy atom. The van der Waals surface area contributed by atoms with Crippen molar-refractivity contribution in [2.24, 2.45) is 0 Å². The number of rotatable bonds is 5. The molecule has 2 amide bonds. The van der Waals surface area contributed by atoms with E-state index in [2.05, 4.69) is 22.5 Å². The Hall–Kier alpha value is -2.32. The van der Waals surface area contributed by atoms with Gasteiger partial charge in [-0.3, -0.25) is 9.59 Å². The first-order chi connectivity index (χ1) is 9.67. The number of benzene rings is 1. The van der Waals surface area contributed by atoms with Crippen molar-refractivity contribution < 1.29 is 14.7 Å². The molecule has 3 N–H and O–H groups in total. The van der Waals surface area contributed by atoms with Gasteiger partial charge in [-0.05, 0) is 31.2 Å². The molecule has 0 saturated heterocycles. The SMILES string of the molecule is CCNC(=O)CNC(=O)c1ccc(C#CCCO)cc1. The average molecular weight is 274 g/mol. The summed E-state index contributed by atoms with van der Waals surface area (Å²) in [5, 5.41) is 13.7. The molecule has 0 heterocycles. The minimum absolute atomic E-state index is 0.0350. The molecule has 0 fully saturated rings. The molecule has 0 aliphatic rings. The van der Waals surface area contributed by atoms with Crippen molar-refractivity contribution >= 4 is 11.8 Å². The van der Waals surface area contributed by atoms with Gasteiger partial charge in [-0.25, -0.2) is 0 Å². The zero-order valence-electron chi connectivity index (χ0n) is 11.4. The van der Waals surface area contributed by atoms with Gasteiger partial charge in [0.15, 0.2) is 0 Å². The summed E-state index contributed by atoms with van der Waals surface area (Å²) in [5.41, 5.74) is 1.25. The topological polar surface area (TPSA) is 78.4 Å². The summed E-state index contributed by atoms with van der Waals surface area (Å²) in [6.07, 6.45) is 0.425. The quantitative estimate of drug-likeness (QED) is 0.675. The molecule has 0 aliphatic carbocycles. The number of amides is 2. The smallest absolute Gasteiger partial charge is 0.251 e. The second-order valence-corrected chi connectivity index (χ2v) is 3.99. The van der Waals surface area contributed by atoms with Crippen molar-refractivity contribution in [1.82, 2.24) is 10.6 Å². The summed E-state index contributed by atoms with van der Waals surface area (Å²) in [5.74, 6) is 5.16. The van der Waals surface area contributed by atoms with E-state index < -0.39 is 0 Å². The number of hydrogen-bond donors (Lipinski definition) is 3. The lowest BCUT2D eigenvalue weighted by atomic mass is 10.1. The summed E-state index contributed by atoms with van der Waals surface area (Å²) in [6.45, 7) is 2.35. The molecule has 0 aliphatic heterocycles. The first kappa shape index (κ1) is 15.7. The summed E-state index contributed by atoms with van der Waals surface area (Å²) in [4.78, 5) is 23.0. The van der Waals surface area contributed by atoms with Gasteiger partial charge in [0, 0.05) is 24.1 Å². The molecule has 0 unspecified atom stereocenters. The van der Waals surface area contributed by atoms with Gasteiger partial charge in [0.2, 0.25) is 5.91 Å². The fourth-order valence-electron chi connectivity index (χ4n) is 1.45. The minimum atomic E-state index is -0.300. The third-order valence-electron chi connectivity index (χ3n) is 2.40. The van der Waals surface area contributed by atoms with Gasteiger partial charge in [-0.2, -0.15) is 0 Å². The van der Waals surface area contributed by atoms with Gasteiger partial charge in [0.1, 0.15) is 0 Å². The van der Waals surface area contributed by atoms with E-state index in [0.29, 0.717) is 18.5 Å².